The maximum absolute atomic E-state index is 12.3. The van der Waals surface area contributed by atoms with Crippen LogP contribution in [0, 0.1) is 6.92 Å². The van der Waals surface area contributed by atoms with E-state index in [2.05, 4.69) is 10.3 Å². The van der Waals surface area contributed by atoms with Crippen molar-refractivity contribution in [3.63, 3.8) is 0 Å². The molecule has 0 spiro atoms. The van der Waals surface area contributed by atoms with Crippen molar-refractivity contribution in [3.8, 4) is 28.5 Å². The van der Waals surface area contributed by atoms with Gasteiger partial charge in [0.2, 0.25) is 11.7 Å². The van der Waals surface area contributed by atoms with Gasteiger partial charge in [-0.05, 0) is 30.7 Å². The van der Waals surface area contributed by atoms with Crippen molar-refractivity contribution in [3.05, 3.63) is 59.0 Å². The zero-order valence-electron chi connectivity index (χ0n) is 16.7. The van der Waals surface area contributed by atoms with E-state index in [0.717, 1.165) is 16.8 Å². The van der Waals surface area contributed by atoms with Gasteiger partial charge in [0, 0.05) is 17.0 Å². The van der Waals surface area contributed by atoms with Crippen LogP contribution >= 0.6 is 11.3 Å². The molecular weight excluding hydrogens is 388 g/mol. The minimum atomic E-state index is -0.274. The summed E-state index contributed by atoms with van der Waals surface area (Å²) in [6, 6.07) is 11.6. The lowest BCUT2D eigenvalue weighted by Gasteiger charge is -2.12. The average molecular weight is 410 g/mol. The Labute approximate surface area is 173 Å². The Morgan fingerprint density at radius 2 is 1.69 bits per heavy atom. The fourth-order valence-corrected chi connectivity index (χ4v) is 3.43. The number of nitrogens with zero attached hydrogens (tertiary/aromatic N) is 1. The predicted octanol–water partition coefficient (Wildman–Crippen LogP) is 4.80. The van der Waals surface area contributed by atoms with Crippen LogP contribution in [0.3, 0.4) is 0 Å². The van der Waals surface area contributed by atoms with E-state index < -0.39 is 0 Å². The molecule has 0 radical (unpaired) electrons. The Hall–Kier alpha value is -3.32. The van der Waals surface area contributed by atoms with Crippen molar-refractivity contribution < 1.29 is 19.0 Å². The molecule has 0 aliphatic heterocycles. The van der Waals surface area contributed by atoms with Gasteiger partial charge in [-0.1, -0.05) is 29.8 Å². The van der Waals surface area contributed by atoms with Gasteiger partial charge in [-0.3, -0.25) is 10.1 Å². The van der Waals surface area contributed by atoms with Crippen LogP contribution < -0.4 is 19.5 Å². The molecular formula is C22H22N2O4S. The van der Waals surface area contributed by atoms with Gasteiger partial charge in [0.05, 0.1) is 27.0 Å². The van der Waals surface area contributed by atoms with E-state index in [-0.39, 0.29) is 5.91 Å². The Morgan fingerprint density at radius 3 is 2.28 bits per heavy atom. The Bertz CT molecular complexity index is 1000. The highest BCUT2D eigenvalue weighted by atomic mass is 32.1. The fraction of sp³-hybridized carbons (Fsp3) is 0.182. The van der Waals surface area contributed by atoms with Crippen molar-refractivity contribution in [2.45, 2.75) is 6.92 Å². The minimum Gasteiger partial charge on any atom is -0.493 e. The number of carbonyl (C=O) groups is 1. The zero-order valence-corrected chi connectivity index (χ0v) is 17.5. The quantitative estimate of drug-likeness (QED) is 0.567. The number of aryl methyl sites for hydroxylation is 1. The van der Waals surface area contributed by atoms with Gasteiger partial charge in [-0.2, -0.15) is 0 Å². The summed E-state index contributed by atoms with van der Waals surface area (Å²) < 4.78 is 16.0. The monoisotopic (exact) mass is 410 g/mol. The lowest BCUT2D eigenvalue weighted by Crippen LogP contribution is -2.07. The van der Waals surface area contributed by atoms with Crippen LogP contribution in [0.1, 0.15) is 11.1 Å². The molecule has 0 atom stereocenters. The summed E-state index contributed by atoms with van der Waals surface area (Å²) >= 11 is 1.38. The molecule has 6 nitrogen and oxygen atoms in total. The Kier molecular flexibility index (Phi) is 6.51. The number of anilines is 1. The summed E-state index contributed by atoms with van der Waals surface area (Å²) in [5, 5.41) is 5.25. The number of ether oxygens (including phenoxy) is 3. The number of aromatic nitrogens is 1. The molecule has 0 bridgehead atoms. The van der Waals surface area contributed by atoms with E-state index in [9.17, 15) is 4.79 Å². The lowest BCUT2D eigenvalue weighted by molar-refractivity contribution is -0.111. The Morgan fingerprint density at radius 1 is 1.03 bits per heavy atom. The number of rotatable bonds is 7. The smallest absolute Gasteiger partial charge is 0.250 e. The van der Waals surface area contributed by atoms with E-state index in [0.29, 0.717) is 22.4 Å². The molecule has 1 N–H and O–H groups in total. The van der Waals surface area contributed by atoms with Crippen LogP contribution in [0.5, 0.6) is 17.2 Å². The topological polar surface area (TPSA) is 69.7 Å². The van der Waals surface area contributed by atoms with E-state index in [1.807, 2.05) is 36.6 Å². The average Bonchev–Trinajstić information content (AvgIpc) is 3.20. The molecule has 0 fully saturated rings. The summed E-state index contributed by atoms with van der Waals surface area (Å²) in [4.78, 5) is 16.8. The normalized spacial score (nSPS) is 10.8. The molecule has 0 saturated carbocycles. The maximum atomic E-state index is 12.3. The molecule has 3 rings (SSSR count). The second-order valence-corrected chi connectivity index (χ2v) is 7.04. The molecule has 7 heteroatoms. The molecule has 0 aliphatic carbocycles. The number of methoxy groups -OCH3 is 3. The minimum absolute atomic E-state index is 0.274. The molecule has 0 saturated heterocycles. The van der Waals surface area contributed by atoms with Crippen LogP contribution in [-0.2, 0) is 4.79 Å². The highest BCUT2D eigenvalue weighted by Crippen LogP contribution is 2.38. The third kappa shape index (κ3) is 4.94. The van der Waals surface area contributed by atoms with Gasteiger partial charge in [-0.25, -0.2) is 4.98 Å². The van der Waals surface area contributed by atoms with Gasteiger partial charge in [0.1, 0.15) is 0 Å². The number of hydrogen-bond donors (Lipinski definition) is 1. The number of carbonyl (C=O) groups excluding carboxylic acids is 1. The van der Waals surface area contributed by atoms with E-state index >= 15 is 0 Å². The molecule has 0 aliphatic rings. The van der Waals surface area contributed by atoms with E-state index in [4.69, 9.17) is 14.2 Å². The third-order valence-electron chi connectivity index (χ3n) is 4.20. The number of amides is 1. The fourth-order valence-electron chi connectivity index (χ4n) is 2.70. The van der Waals surface area contributed by atoms with Crippen LogP contribution in [-0.4, -0.2) is 32.2 Å². The third-order valence-corrected chi connectivity index (χ3v) is 4.95. The summed E-state index contributed by atoms with van der Waals surface area (Å²) in [6.45, 7) is 2.04. The first-order valence-electron chi connectivity index (χ1n) is 8.85. The first-order chi connectivity index (χ1) is 14.0. The van der Waals surface area contributed by atoms with Crippen molar-refractivity contribution in [1.29, 1.82) is 0 Å². The summed E-state index contributed by atoms with van der Waals surface area (Å²) in [6.07, 6.45) is 3.11. The van der Waals surface area contributed by atoms with Gasteiger partial charge >= 0.3 is 0 Å². The first kappa shape index (κ1) is 20.4. The van der Waals surface area contributed by atoms with Crippen molar-refractivity contribution in [2.75, 3.05) is 26.6 Å². The summed E-state index contributed by atoms with van der Waals surface area (Å²) in [7, 11) is 4.64. The van der Waals surface area contributed by atoms with Gasteiger partial charge in [-0.15, -0.1) is 11.3 Å². The maximum Gasteiger partial charge on any atom is 0.250 e. The molecule has 1 heterocycles. The molecule has 0 unspecified atom stereocenters. The van der Waals surface area contributed by atoms with Crippen molar-refractivity contribution in [2.24, 2.45) is 0 Å². The van der Waals surface area contributed by atoms with Gasteiger partial charge < -0.3 is 14.2 Å². The van der Waals surface area contributed by atoms with Crippen LogP contribution in [0.4, 0.5) is 5.13 Å². The number of hydrogen-bond acceptors (Lipinski definition) is 6. The lowest BCUT2D eigenvalue weighted by atomic mass is 10.1. The van der Waals surface area contributed by atoms with Gasteiger partial charge in [0.15, 0.2) is 16.6 Å². The molecule has 1 aromatic heterocycles. The van der Waals surface area contributed by atoms with E-state index in [1.165, 1.54) is 23.0 Å². The molecule has 3 aromatic rings. The second-order valence-electron chi connectivity index (χ2n) is 6.19. The first-order valence-corrected chi connectivity index (χ1v) is 9.73. The summed E-state index contributed by atoms with van der Waals surface area (Å²) in [5.41, 5.74) is 3.78. The number of thiazole rings is 1. The summed E-state index contributed by atoms with van der Waals surface area (Å²) in [5.74, 6) is 1.27. The largest absolute Gasteiger partial charge is 0.493 e. The standard InChI is InChI=1S/C22H22N2O4S/c1-14-5-8-16(9-6-14)17-13-29-22(23-17)24-20(25)10-7-15-11-18(26-2)21(28-4)19(12-15)27-3/h5-13H,1-4H3,(H,23,24,25). The Balaban J connectivity index is 1.71. The van der Waals surface area contributed by atoms with Crippen LogP contribution in [0.15, 0.2) is 47.9 Å². The molecule has 150 valence electrons. The highest BCUT2D eigenvalue weighted by Gasteiger charge is 2.12. The number of benzene rings is 2. The van der Waals surface area contributed by atoms with Gasteiger partial charge in [0.25, 0.3) is 0 Å². The van der Waals surface area contributed by atoms with Crippen molar-refractivity contribution >= 4 is 28.5 Å². The van der Waals surface area contributed by atoms with Crippen LogP contribution in [0.25, 0.3) is 17.3 Å². The molecule has 29 heavy (non-hydrogen) atoms. The molecule has 2 aromatic carbocycles. The number of nitrogens with one attached hydrogen (secondary N) is 1. The van der Waals surface area contributed by atoms with E-state index in [1.54, 1.807) is 39.5 Å². The predicted molar refractivity (Wildman–Crippen MR) is 116 cm³/mol. The van der Waals surface area contributed by atoms with Crippen molar-refractivity contribution in [1.82, 2.24) is 4.98 Å². The highest BCUT2D eigenvalue weighted by molar-refractivity contribution is 7.14. The SMILES string of the molecule is COc1cc(C=CC(=O)Nc2nc(-c3ccc(C)cc3)cs2)cc(OC)c1OC. The molecule has 1 amide bonds. The van der Waals surface area contributed by atoms with Crippen LogP contribution in [0.2, 0.25) is 0 Å². The zero-order chi connectivity index (χ0) is 20.8. The second kappa shape index (κ2) is 9.25.